The van der Waals surface area contributed by atoms with E-state index in [0.29, 0.717) is 23.5 Å². The second-order valence-electron chi connectivity index (χ2n) is 5.13. The Morgan fingerprint density at radius 1 is 1.45 bits per heavy atom. The number of rotatable bonds is 5. The van der Waals surface area contributed by atoms with Crippen LogP contribution in [0, 0.1) is 10.1 Å². The summed E-state index contributed by atoms with van der Waals surface area (Å²) in [6, 6.07) is 3.37. The Labute approximate surface area is 115 Å². The van der Waals surface area contributed by atoms with Crippen LogP contribution in [0.5, 0.6) is 0 Å². The van der Waals surface area contributed by atoms with Crippen molar-refractivity contribution >= 4 is 23.0 Å². The van der Waals surface area contributed by atoms with Crippen molar-refractivity contribution < 1.29 is 14.8 Å². The number of carbonyl (C=O) groups excluding carboxylic acids is 1. The lowest BCUT2D eigenvalue weighted by atomic mass is 10.1. The molecule has 20 heavy (non-hydrogen) atoms. The third kappa shape index (κ3) is 2.20. The van der Waals surface area contributed by atoms with Crippen molar-refractivity contribution in [2.75, 3.05) is 23.4 Å². The molecule has 3 rings (SSSR count). The highest BCUT2D eigenvalue weighted by atomic mass is 16.6. The van der Waals surface area contributed by atoms with E-state index in [-0.39, 0.29) is 30.7 Å². The van der Waals surface area contributed by atoms with Crippen molar-refractivity contribution in [3.05, 3.63) is 27.8 Å². The molecular weight excluding hydrogens is 262 g/mol. The second kappa shape index (κ2) is 4.75. The molecule has 7 heteroatoms. The van der Waals surface area contributed by atoms with E-state index in [1.807, 2.05) is 4.90 Å². The quantitative estimate of drug-likeness (QED) is 0.619. The number of nitro groups is 1. The first kappa shape index (κ1) is 12.9. The Hall–Kier alpha value is -2.15. The molecule has 7 nitrogen and oxygen atoms in total. The normalized spacial score (nSPS) is 16.8. The molecule has 0 radical (unpaired) electrons. The van der Waals surface area contributed by atoms with Gasteiger partial charge in [-0.15, -0.1) is 0 Å². The zero-order valence-corrected chi connectivity index (χ0v) is 10.8. The molecule has 106 valence electrons. The summed E-state index contributed by atoms with van der Waals surface area (Å²) in [5.41, 5.74) is 1.78. The Morgan fingerprint density at radius 2 is 2.20 bits per heavy atom. The number of hydrogen-bond acceptors (Lipinski definition) is 5. The lowest BCUT2D eigenvalue weighted by Gasteiger charge is -2.24. The molecule has 0 unspecified atom stereocenters. The maximum atomic E-state index is 11.4. The first-order valence-corrected chi connectivity index (χ1v) is 6.59. The number of aliphatic hydroxyl groups is 1. The molecule has 1 aromatic rings. The van der Waals surface area contributed by atoms with Crippen LogP contribution in [0.3, 0.4) is 0 Å². The van der Waals surface area contributed by atoms with Crippen LogP contribution in [-0.4, -0.2) is 35.1 Å². The number of nitrogens with one attached hydrogen (secondary N) is 1. The lowest BCUT2D eigenvalue weighted by molar-refractivity contribution is -0.384. The van der Waals surface area contributed by atoms with Crippen LogP contribution in [0.1, 0.15) is 18.4 Å². The molecule has 1 aliphatic heterocycles. The summed E-state index contributed by atoms with van der Waals surface area (Å²) < 4.78 is 0. The first-order chi connectivity index (χ1) is 9.60. The number of carbonyl (C=O) groups is 1. The molecule has 1 saturated carbocycles. The summed E-state index contributed by atoms with van der Waals surface area (Å²) in [4.78, 5) is 24.1. The fourth-order valence-corrected chi connectivity index (χ4v) is 2.62. The summed E-state index contributed by atoms with van der Waals surface area (Å²) in [7, 11) is 0. The number of nitrogens with zero attached hydrogens (tertiary/aromatic N) is 2. The molecule has 1 aromatic carbocycles. The molecule has 0 aromatic heterocycles. The van der Waals surface area contributed by atoms with Gasteiger partial charge in [0, 0.05) is 24.3 Å². The largest absolute Gasteiger partial charge is 0.395 e. The van der Waals surface area contributed by atoms with Crippen LogP contribution in [0.25, 0.3) is 0 Å². The fourth-order valence-electron chi connectivity index (χ4n) is 2.62. The minimum absolute atomic E-state index is 0.000556. The van der Waals surface area contributed by atoms with Gasteiger partial charge in [-0.2, -0.15) is 0 Å². The van der Waals surface area contributed by atoms with E-state index < -0.39 is 4.92 Å². The predicted molar refractivity (Wildman–Crippen MR) is 72.9 cm³/mol. The third-order valence-electron chi connectivity index (χ3n) is 3.66. The first-order valence-electron chi connectivity index (χ1n) is 6.59. The van der Waals surface area contributed by atoms with E-state index in [9.17, 15) is 14.9 Å². The van der Waals surface area contributed by atoms with Gasteiger partial charge in [0.1, 0.15) is 5.69 Å². The van der Waals surface area contributed by atoms with Crippen molar-refractivity contribution in [1.29, 1.82) is 0 Å². The monoisotopic (exact) mass is 277 g/mol. The number of fused-ring (bicyclic) bond motifs is 1. The van der Waals surface area contributed by atoms with Crippen molar-refractivity contribution in [2.45, 2.75) is 25.3 Å². The van der Waals surface area contributed by atoms with Crippen molar-refractivity contribution in [3.8, 4) is 0 Å². The fraction of sp³-hybridized carbons (Fsp3) is 0.462. The number of aliphatic hydroxyl groups excluding tert-OH is 1. The number of hydrogen-bond donors (Lipinski definition) is 2. The van der Waals surface area contributed by atoms with E-state index in [1.54, 1.807) is 6.07 Å². The van der Waals surface area contributed by atoms with E-state index in [0.717, 1.165) is 12.8 Å². The zero-order chi connectivity index (χ0) is 14.3. The highest BCUT2D eigenvalue weighted by Crippen LogP contribution is 2.41. The molecule has 1 amide bonds. The average molecular weight is 277 g/mol. The van der Waals surface area contributed by atoms with E-state index >= 15 is 0 Å². The topological polar surface area (TPSA) is 95.7 Å². The van der Waals surface area contributed by atoms with Crippen LogP contribution in [0.15, 0.2) is 12.1 Å². The molecule has 0 atom stereocenters. The number of amides is 1. The van der Waals surface area contributed by atoms with E-state index in [4.69, 9.17) is 5.11 Å². The summed E-state index contributed by atoms with van der Waals surface area (Å²) in [5.74, 6) is -0.147. The maximum Gasteiger partial charge on any atom is 0.292 e. The van der Waals surface area contributed by atoms with Gasteiger partial charge in [0.15, 0.2) is 0 Å². The molecular formula is C13H15N3O4. The predicted octanol–water partition coefficient (Wildman–Crippen LogP) is 1.05. The Balaban J connectivity index is 2.06. The Bertz CT molecular complexity index is 583. The highest BCUT2D eigenvalue weighted by molar-refractivity contribution is 6.00. The molecule has 0 saturated heterocycles. The van der Waals surface area contributed by atoms with Crippen LogP contribution in [0.2, 0.25) is 0 Å². The van der Waals surface area contributed by atoms with Crippen molar-refractivity contribution in [1.82, 2.24) is 0 Å². The van der Waals surface area contributed by atoms with Gasteiger partial charge in [0.05, 0.1) is 18.0 Å². The number of benzene rings is 1. The minimum Gasteiger partial charge on any atom is -0.395 e. The maximum absolute atomic E-state index is 11.4. The van der Waals surface area contributed by atoms with Gasteiger partial charge >= 0.3 is 0 Å². The Kier molecular flexibility index (Phi) is 3.06. The van der Waals surface area contributed by atoms with Crippen LogP contribution >= 0.6 is 0 Å². The van der Waals surface area contributed by atoms with Crippen LogP contribution in [0.4, 0.5) is 17.1 Å². The van der Waals surface area contributed by atoms with Crippen molar-refractivity contribution in [3.63, 3.8) is 0 Å². The van der Waals surface area contributed by atoms with Crippen LogP contribution < -0.4 is 10.2 Å². The molecule has 1 fully saturated rings. The summed E-state index contributed by atoms with van der Waals surface area (Å²) >= 11 is 0. The van der Waals surface area contributed by atoms with Gasteiger partial charge < -0.3 is 15.3 Å². The lowest BCUT2D eigenvalue weighted by Crippen LogP contribution is -2.29. The zero-order valence-electron chi connectivity index (χ0n) is 10.8. The number of anilines is 2. The summed E-state index contributed by atoms with van der Waals surface area (Å²) in [6.07, 6.45) is 2.13. The van der Waals surface area contributed by atoms with E-state index in [1.165, 1.54) is 6.07 Å². The average Bonchev–Trinajstić information content (AvgIpc) is 3.16. The second-order valence-corrected chi connectivity index (χ2v) is 5.13. The van der Waals surface area contributed by atoms with Crippen LogP contribution in [-0.2, 0) is 11.2 Å². The van der Waals surface area contributed by atoms with Gasteiger partial charge in [-0.1, -0.05) is 0 Å². The summed E-state index contributed by atoms with van der Waals surface area (Å²) in [6.45, 7) is 0.301. The van der Waals surface area contributed by atoms with E-state index in [2.05, 4.69) is 5.32 Å². The molecule has 2 aliphatic rings. The molecule has 0 bridgehead atoms. The Morgan fingerprint density at radius 3 is 2.80 bits per heavy atom. The molecule has 2 N–H and O–H groups in total. The highest BCUT2D eigenvalue weighted by Gasteiger charge is 2.34. The van der Waals surface area contributed by atoms with Gasteiger partial charge in [0.25, 0.3) is 5.69 Å². The number of nitro benzene ring substituents is 1. The molecule has 0 spiro atoms. The standard InChI is InChI=1S/C13H15N3O4/c17-4-3-15(9-1-2-9)11-7-10-8(6-13(18)14-10)5-12(11)16(19)20/h5,7,9,17H,1-4,6H2,(H,14,18). The minimum atomic E-state index is -0.425. The molecule has 1 aliphatic carbocycles. The van der Waals surface area contributed by atoms with Gasteiger partial charge in [-0.05, 0) is 24.5 Å². The van der Waals surface area contributed by atoms with Crippen molar-refractivity contribution in [2.24, 2.45) is 0 Å². The molecule has 1 heterocycles. The SMILES string of the molecule is O=C1Cc2cc([N+](=O)[O-])c(N(CCO)C3CC3)cc2N1. The smallest absolute Gasteiger partial charge is 0.292 e. The third-order valence-corrected chi connectivity index (χ3v) is 3.66. The summed E-state index contributed by atoms with van der Waals surface area (Å²) in [5, 5.41) is 23.1. The van der Waals surface area contributed by atoms with Gasteiger partial charge in [0.2, 0.25) is 5.91 Å². The van der Waals surface area contributed by atoms with Gasteiger partial charge in [-0.25, -0.2) is 0 Å². The van der Waals surface area contributed by atoms with Gasteiger partial charge in [-0.3, -0.25) is 14.9 Å².